The summed E-state index contributed by atoms with van der Waals surface area (Å²) in [7, 11) is 0. The summed E-state index contributed by atoms with van der Waals surface area (Å²) in [5, 5.41) is 12.9. The van der Waals surface area contributed by atoms with Gasteiger partial charge >= 0.3 is 0 Å². The highest BCUT2D eigenvalue weighted by molar-refractivity contribution is 9.10. The van der Waals surface area contributed by atoms with Crippen molar-refractivity contribution in [3.05, 3.63) is 52.0 Å². The van der Waals surface area contributed by atoms with Gasteiger partial charge in [-0.05, 0) is 42.8 Å². The Morgan fingerprint density at radius 1 is 1.26 bits per heavy atom. The molecular formula is C15H14BrNO2. The monoisotopic (exact) mass is 319 g/mol. The lowest BCUT2D eigenvalue weighted by Gasteiger charge is -2.14. The van der Waals surface area contributed by atoms with E-state index in [0.717, 1.165) is 21.5 Å². The molecule has 0 saturated carbocycles. The average molecular weight is 320 g/mol. The molecule has 19 heavy (non-hydrogen) atoms. The van der Waals surface area contributed by atoms with Crippen molar-refractivity contribution in [2.24, 2.45) is 0 Å². The number of hydrogen-bond donors (Lipinski definition) is 2. The highest BCUT2D eigenvalue weighted by Gasteiger charge is 2.24. The second-order valence-electron chi connectivity index (χ2n) is 4.75. The van der Waals surface area contributed by atoms with E-state index in [1.165, 1.54) is 5.56 Å². The first-order valence-corrected chi connectivity index (χ1v) is 6.90. The van der Waals surface area contributed by atoms with Gasteiger partial charge in [-0.2, -0.15) is 0 Å². The van der Waals surface area contributed by atoms with Crippen LogP contribution in [0.15, 0.2) is 40.9 Å². The zero-order valence-electron chi connectivity index (χ0n) is 10.5. The number of halogens is 1. The van der Waals surface area contributed by atoms with Crippen LogP contribution < -0.4 is 10.1 Å². The van der Waals surface area contributed by atoms with E-state index in [9.17, 15) is 5.11 Å². The van der Waals surface area contributed by atoms with Crippen LogP contribution in [0.3, 0.4) is 0 Å². The molecule has 1 atom stereocenters. The van der Waals surface area contributed by atoms with Gasteiger partial charge in [0.1, 0.15) is 18.1 Å². The second-order valence-corrected chi connectivity index (χ2v) is 5.66. The third kappa shape index (κ3) is 2.54. The predicted octanol–water partition coefficient (Wildman–Crippen LogP) is 4.01. The van der Waals surface area contributed by atoms with Gasteiger partial charge in [0.05, 0.1) is 6.04 Å². The van der Waals surface area contributed by atoms with E-state index >= 15 is 0 Å². The van der Waals surface area contributed by atoms with Crippen LogP contribution in [0.1, 0.15) is 17.2 Å². The molecule has 0 fully saturated rings. The van der Waals surface area contributed by atoms with Crippen LogP contribution in [-0.4, -0.2) is 11.7 Å². The SMILES string of the molecule is Cc1cc(Br)cc(NC2COc3cc(O)ccc32)c1. The van der Waals surface area contributed by atoms with Gasteiger partial charge in [0, 0.05) is 21.8 Å². The number of fused-ring (bicyclic) bond motifs is 1. The molecule has 1 unspecified atom stereocenters. The number of anilines is 1. The number of ether oxygens (including phenoxy) is 1. The third-order valence-corrected chi connectivity index (χ3v) is 3.62. The van der Waals surface area contributed by atoms with E-state index in [0.29, 0.717) is 6.61 Å². The lowest BCUT2D eigenvalue weighted by Crippen LogP contribution is -2.11. The Morgan fingerprint density at radius 2 is 2.11 bits per heavy atom. The van der Waals surface area contributed by atoms with Gasteiger partial charge in [-0.3, -0.25) is 0 Å². The Labute approximate surface area is 120 Å². The summed E-state index contributed by atoms with van der Waals surface area (Å²) >= 11 is 3.50. The first-order chi connectivity index (χ1) is 9.11. The Kier molecular flexibility index (Phi) is 3.11. The third-order valence-electron chi connectivity index (χ3n) is 3.16. The fraction of sp³-hybridized carbons (Fsp3) is 0.200. The summed E-state index contributed by atoms with van der Waals surface area (Å²) in [5.74, 6) is 0.988. The maximum Gasteiger partial charge on any atom is 0.128 e. The number of phenols is 1. The van der Waals surface area contributed by atoms with Crippen LogP contribution in [0.4, 0.5) is 5.69 Å². The van der Waals surface area contributed by atoms with Gasteiger partial charge in [-0.1, -0.05) is 15.9 Å². The second kappa shape index (κ2) is 4.78. The van der Waals surface area contributed by atoms with Crippen molar-refractivity contribution < 1.29 is 9.84 Å². The first-order valence-electron chi connectivity index (χ1n) is 6.11. The van der Waals surface area contributed by atoms with Crippen molar-refractivity contribution in [2.75, 3.05) is 11.9 Å². The molecule has 2 aromatic rings. The molecule has 4 heteroatoms. The molecule has 0 saturated heterocycles. The largest absolute Gasteiger partial charge is 0.508 e. The van der Waals surface area contributed by atoms with E-state index in [1.54, 1.807) is 12.1 Å². The average Bonchev–Trinajstić information content (AvgIpc) is 2.70. The maximum atomic E-state index is 9.44. The number of nitrogens with one attached hydrogen (secondary N) is 1. The van der Waals surface area contributed by atoms with Crippen LogP contribution in [-0.2, 0) is 0 Å². The molecule has 0 spiro atoms. The molecule has 0 bridgehead atoms. The fourth-order valence-corrected chi connectivity index (χ4v) is 2.95. The Balaban J connectivity index is 1.86. The van der Waals surface area contributed by atoms with E-state index in [-0.39, 0.29) is 11.8 Å². The molecule has 0 radical (unpaired) electrons. The Bertz CT molecular complexity index is 607. The van der Waals surface area contributed by atoms with Crippen molar-refractivity contribution in [3.8, 4) is 11.5 Å². The number of aryl methyl sites for hydroxylation is 1. The van der Waals surface area contributed by atoms with E-state index in [2.05, 4.69) is 40.3 Å². The molecule has 0 aromatic heterocycles. The number of aromatic hydroxyl groups is 1. The molecule has 3 rings (SSSR count). The quantitative estimate of drug-likeness (QED) is 0.878. The number of benzene rings is 2. The van der Waals surface area contributed by atoms with Gasteiger partial charge in [-0.15, -0.1) is 0 Å². The minimum Gasteiger partial charge on any atom is -0.508 e. The standard InChI is InChI=1S/C15H14BrNO2/c1-9-4-10(16)6-11(5-9)17-14-8-19-15-7-12(18)2-3-13(14)15/h2-7,14,17-18H,8H2,1H3. The van der Waals surface area contributed by atoms with E-state index in [4.69, 9.17) is 4.74 Å². The van der Waals surface area contributed by atoms with Crippen molar-refractivity contribution in [1.82, 2.24) is 0 Å². The van der Waals surface area contributed by atoms with E-state index < -0.39 is 0 Å². The summed E-state index contributed by atoms with van der Waals surface area (Å²) in [6.07, 6.45) is 0. The topological polar surface area (TPSA) is 41.5 Å². The molecular weight excluding hydrogens is 306 g/mol. The molecule has 98 valence electrons. The molecule has 2 N–H and O–H groups in total. The molecule has 0 aliphatic carbocycles. The Hall–Kier alpha value is -1.68. The number of rotatable bonds is 2. The van der Waals surface area contributed by atoms with Crippen LogP contribution >= 0.6 is 15.9 Å². The van der Waals surface area contributed by atoms with Crippen molar-refractivity contribution in [1.29, 1.82) is 0 Å². The normalized spacial score (nSPS) is 16.8. The van der Waals surface area contributed by atoms with Gasteiger partial charge < -0.3 is 15.2 Å². The summed E-state index contributed by atoms with van der Waals surface area (Å²) in [4.78, 5) is 0. The Morgan fingerprint density at radius 3 is 2.89 bits per heavy atom. The fourth-order valence-electron chi connectivity index (χ4n) is 2.34. The van der Waals surface area contributed by atoms with Crippen LogP contribution in [0.5, 0.6) is 11.5 Å². The lowest BCUT2D eigenvalue weighted by molar-refractivity contribution is 0.338. The van der Waals surface area contributed by atoms with Gasteiger partial charge in [0.2, 0.25) is 0 Å². The lowest BCUT2D eigenvalue weighted by atomic mass is 10.1. The first kappa shape index (κ1) is 12.4. The number of phenolic OH excluding ortho intramolecular Hbond substituents is 1. The van der Waals surface area contributed by atoms with Gasteiger partial charge in [-0.25, -0.2) is 0 Å². The van der Waals surface area contributed by atoms with Crippen LogP contribution in [0, 0.1) is 6.92 Å². The highest BCUT2D eigenvalue weighted by atomic mass is 79.9. The van der Waals surface area contributed by atoms with Crippen molar-refractivity contribution in [3.63, 3.8) is 0 Å². The molecule has 0 amide bonds. The van der Waals surface area contributed by atoms with E-state index in [1.807, 2.05) is 12.1 Å². The predicted molar refractivity (Wildman–Crippen MR) is 78.8 cm³/mol. The van der Waals surface area contributed by atoms with Crippen molar-refractivity contribution >= 4 is 21.6 Å². The smallest absolute Gasteiger partial charge is 0.128 e. The van der Waals surface area contributed by atoms with Crippen molar-refractivity contribution in [2.45, 2.75) is 13.0 Å². The minimum atomic E-state index is 0.115. The molecule has 1 heterocycles. The summed E-state index contributed by atoms with van der Waals surface area (Å²) in [5.41, 5.74) is 3.33. The summed E-state index contributed by atoms with van der Waals surface area (Å²) < 4.78 is 6.65. The highest BCUT2D eigenvalue weighted by Crippen LogP contribution is 2.37. The van der Waals surface area contributed by atoms with Gasteiger partial charge in [0.25, 0.3) is 0 Å². The molecule has 1 aliphatic heterocycles. The van der Waals surface area contributed by atoms with Crippen LogP contribution in [0.25, 0.3) is 0 Å². The summed E-state index contributed by atoms with van der Waals surface area (Å²) in [6, 6.07) is 11.6. The maximum absolute atomic E-state index is 9.44. The molecule has 1 aliphatic rings. The zero-order chi connectivity index (χ0) is 13.4. The minimum absolute atomic E-state index is 0.115. The molecule has 3 nitrogen and oxygen atoms in total. The van der Waals surface area contributed by atoms with Crippen LogP contribution in [0.2, 0.25) is 0 Å². The zero-order valence-corrected chi connectivity index (χ0v) is 12.1. The van der Waals surface area contributed by atoms with Gasteiger partial charge in [0.15, 0.2) is 0 Å². The number of hydrogen-bond acceptors (Lipinski definition) is 3. The summed E-state index contributed by atoms with van der Waals surface area (Å²) in [6.45, 7) is 2.64. The molecule has 2 aromatic carbocycles.